The van der Waals surface area contributed by atoms with E-state index in [1.54, 1.807) is 11.8 Å². The van der Waals surface area contributed by atoms with E-state index < -0.39 is 0 Å². The predicted molar refractivity (Wildman–Crippen MR) is 153 cm³/mol. The van der Waals surface area contributed by atoms with Gasteiger partial charge in [-0.05, 0) is 74.6 Å². The van der Waals surface area contributed by atoms with Crippen molar-refractivity contribution in [2.45, 2.75) is 46.4 Å². The number of nitrogens with one attached hydrogen (secondary N) is 1. The maximum Gasteiger partial charge on any atom is 0.0965 e. The normalized spacial score (nSPS) is 21.4. The number of hydrogen-bond acceptors (Lipinski definition) is 4. The Morgan fingerprint density at radius 3 is 2.60 bits per heavy atom. The number of rotatable bonds is 2. The maximum atomic E-state index is 6.81. The number of para-hydroxylation sites is 1. The van der Waals surface area contributed by atoms with Gasteiger partial charge in [0.2, 0.25) is 0 Å². The van der Waals surface area contributed by atoms with E-state index in [0.29, 0.717) is 0 Å². The minimum atomic E-state index is -0.218. The summed E-state index contributed by atoms with van der Waals surface area (Å²) in [7, 11) is 0. The second kappa shape index (κ2) is 10.6. The number of nitrogens with two attached hydrogens (primary N) is 1. The second-order valence-electron chi connectivity index (χ2n) is 9.13. The number of nitrogens with zero attached hydrogens (tertiary/aromatic N) is 1. The van der Waals surface area contributed by atoms with Crippen LogP contribution in [-0.2, 0) is 0 Å². The molecule has 3 nitrogen and oxygen atoms in total. The molecule has 1 unspecified atom stereocenters. The third-order valence-electron chi connectivity index (χ3n) is 6.68. The molecule has 2 heterocycles. The highest BCUT2D eigenvalue weighted by atomic mass is 32.2. The quantitative estimate of drug-likeness (QED) is 0.455. The van der Waals surface area contributed by atoms with Gasteiger partial charge in [-0.15, -0.1) is 0 Å². The highest BCUT2D eigenvalue weighted by molar-refractivity contribution is 8.04. The molecule has 2 bridgehead atoms. The fourth-order valence-electron chi connectivity index (χ4n) is 4.65. The average molecular weight is 482 g/mol. The molecule has 0 fully saturated rings. The zero-order valence-electron chi connectivity index (χ0n) is 21.4. The lowest BCUT2D eigenvalue weighted by atomic mass is 10.0. The van der Waals surface area contributed by atoms with Crippen LogP contribution in [0.25, 0.3) is 0 Å². The number of thioether (sulfide) groups is 1. The van der Waals surface area contributed by atoms with Crippen LogP contribution in [0.5, 0.6) is 0 Å². The molecule has 0 amide bonds. The molecule has 3 N–H and O–H groups in total. The molecule has 180 valence electrons. The van der Waals surface area contributed by atoms with Crippen molar-refractivity contribution in [3.05, 3.63) is 135 Å². The summed E-state index contributed by atoms with van der Waals surface area (Å²) in [5, 5.41) is 3.24. The zero-order valence-corrected chi connectivity index (χ0v) is 22.2. The van der Waals surface area contributed by atoms with E-state index in [2.05, 4.69) is 105 Å². The first-order valence-corrected chi connectivity index (χ1v) is 12.9. The first-order chi connectivity index (χ1) is 16.8. The van der Waals surface area contributed by atoms with E-state index in [0.717, 1.165) is 40.2 Å². The van der Waals surface area contributed by atoms with Gasteiger partial charge in [-0.3, -0.25) is 0 Å². The Morgan fingerprint density at radius 2 is 1.86 bits per heavy atom. The van der Waals surface area contributed by atoms with Gasteiger partial charge in [-0.1, -0.05) is 78.6 Å². The molecule has 4 rings (SSSR count). The maximum absolute atomic E-state index is 6.81. The molecule has 35 heavy (non-hydrogen) atoms. The molecule has 1 aromatic carbocycles. The molecule has 3 aliphatic rings. The minimum absolute atomic E-state index is 0.218. The summed E-state index contributed by atoms with van der Waals surface area (Å²) in [4.78, 5) is 3.58. The minimum Gasteiger partial charge on any atom is -0.363 e. The SMILES string of the molecule is C=C1C(C)=C(/C=C\C)C=CC=CNC2=C(C)C=CC3=C(C)CC(=C3SC2N)N1c1ccccc1C. The topological polar surface area (TPSA) is 41.3 Å². The Balaban J connectivity index is 2.03. The summed E-state index contributed by atoms with van der Waals surface area (Å²) in [5.41, 5.74) is 18.4. The van der Waals surface area contributed by atoms with Crippen LogP contribution < -0.4 is 16.0 Å². The van der Waals surface area contributed by atoms with E-state index in [-0.39, 0.29) is 5.37 Å². The van der Waals surface area contributed by atoms with Crippen LogP contribution in [0.1, 0.15) is 39.7 Å². The van der Waals surface area contributed by atoms with Crippen LogP contribution in [0.2, 0.25) is 0 Å². The van der Waals surface area contributed by atoms with Gasteiger partial charge in [0, 0.05) is 40.3 Å². The van der Waals surface area contributed by atoms with Gasteiger partial charge in [0.15, 0.2) is 0 Å². The second-order valence-corrected chi connectivity index (χ2v) is 10.3. The number of allylic oxidation sites excluding steroid dienone is 12. The van der Waals surface area contributed by atoms with Crippen LogP contribution in [-0.4, -0.2) is 5.37 Å². The fourth-order valence-corrected chi connectivity index (χ4v) is 5.94. The summed E-state index contributed by atoms with van der Waals surface area (Å²) in [6.45, 7) is 15.4. The van der Waals surface area contributed by atoms with Crippen molar-refractivity contribution >= 4 is 17.4 Å². The Morgan fingerprint density at radius 1 is 1.09 bits per heavy atom. The lowest BCUT2D eigenvalue weighted by Gasteiger charge is -2.33. The first-order valence-electron chi connectivity index (χ1n) is 12.1. The van der Waals surface area contributed by atoms with Crippen LogP contribution in [0.15, 0.2) is 129 Å². The highest BCUT2D eigenvalue weighted by Gasteiger charge is 2.31. The third-order valence-corrected chi connectivity index (χ3v) is 7.86. The van der Waals surface area contributed by atoms with Gasteiger partial charge in [0.05, 0.1) is 5.37 Å². The number of benzene rings is 1. The Labute approximate surface area is 214 Å². The van der Waals surface area contributed by atoms with Gasteiger partial charge in [-0.25, -0.2) is 0 Å². The first kappa shape index (κ1) is 24.9. The molecule has 0 spiro atoms. The van der Waals surface area contributed by atoms with E-state index in [1.165, 1.54) is 27.3 Å². The van der Waals surface area contributed by atoms with E-state index in [9.17, 15) is 0 Å². The predicted octanol–water partition coefficient (Wildman–Crippen LogP) is 7.67. The summed E-state index contributed by atoms with van der Waals surface area (Å²) in [6, 6.07) is 8.54. The summed E-state index contributed by atoms with van der Waals surface area (Å²) >= 11 is 1.72. The van der Waals surface area contributed by atoms with Crippen LogP contribution in [0.4, 0.5) is 5.69 Å². The van der Waals surface area contributed by atoms with Gasteiger partial charge >= 0.3 is 0 Å². The molecule has 2 aliphatic heterocycles. The number of aryl methyl sites for hydroxylation is 1. The molecular weight excluding hydrogens is 446 g/mol. The van der Waals surface area contributed by atoms with Crippen molar-refractivity contribution in [2.24, 2.45) is 5.73 Å². The highest BCUT2D eigenvalue weighted by Crippen LogP contribution is 2.47. The fraction of sp³-hybridized carbons (Fsp3) is 0.226. The molecule has 0 saturated heterocycles. The van der Waals surface area contributed by atoms with Crippen LogP contribution in [0.3, 0.4) is 0 Å². The zero-order chi connectivity index (χ0) is 25.1. The van der Waals surface area contributed by atoms with Gasteiger partial charge in [-0.2, -0.15) is 0 Å². The lowest BCUT2D eigenvalue weighted by molar-refractivity contribution is 0.910. The number of anilines is 1. The van der Waals surface area contributed by atoms with E-state index in [1.807, 2.05) is 19.2 Å². The molecule has 1 atom stereocenters. The number of hydrogen-bond donors (Lipinski definition) is 2. The Hall–Kier alpha value is -3.21. The molecule has 1 aromatic rings. The summed E-state index contributed by atoms with van der Waals surface area (Å²) < 4.78 is 0. The lowest BCUT2D eigenvalue weighted by Crippen LogP contribution is -2.29. The van der Waals surface area contributed by atoms with Crippen molar-refractivity contribution in [3.8, 4) is 0 Å². The molecule has 0 aromatic heterocycles. The van der Waals surface area contributed by atoms with Gasteiger partial charge < -0.3 is 16.0 Å². The summed E-state index contributed by atoms with van der Waals surface area (Å²) in [6.07, 6.45) is 17.7. The largest absolute Gasteiger partial charge is 0.363 e. The monoisotopic (exact) mass is 481 g/mol. The average Bonchev–Trinajstić information content (AvgIpc) is 3.12. The van der Waals surface area contributed by atoms with E-state index in [4.69, 9.17) is 5.73 Å². The smallest absolute Gasteiger partial charge is 0.0965 e. The van der Waals surface area contributed by atoms with Crippen molar-refractivity contribution < 1.29 is 0 Å². The molecule has 0 radical (unpaired) electrons. The van der Waals surface area contributed by atoms with Crippen molar-refractivity contribution in [1.29, 1.82) is 0 Å². The van der Waals surface area contributed by atoms with Crippen LogP contribution >= 0.6 is 11.8 Å². The van der Waals surface area contributed by atoms with Crippen LogP contribution in [0, 0.1) is 6.92 Å². The van der Waals surface area contributed by atoms with Crippen molar-refractivity contribution in [1.82, 2.24) is 5.32 Å². The molecular formula is C31H35N3S. The van der Waals surface area contributed by atoms with E-state index >= 15 is 0 Å². The molecule has 1 aliphatic carbocycles. The third kappa shape index (κ3) is 4.95. The molecule has 0 saturated carbocycles. The molecule has 4 heteroatoms. The van der Waals surface area contributed by atoms with Crippen molar-refractivity contribution in [3.63, 3.8) is 0 Å². The summed E-state index contributed by atoms with van der Waals surface area (Å²) in [5.74, 6) is 0. The van der Waals surface area contributed by atoms with Gasteiger partial charge in [0.1, 0.15) is 0 Å². The standard InChI is InChI=1S/C31H35N3S/c1-7-12-25-14-10-11-18-33-29-21(3)16-17-26-22(4)19-28(30(26)35-31(29)32)34(24(6)23(25)5)27-15-9-8-13-20(27)2/h7-18,31,33H,6,19,32H2,1-5H3/b12-7-,14-10?,17-16?,18-11?,25-23?,29-21?. The van der Waals surface area contributed by atoms with Crippen molar-refractivity contribution in [2.75, 3.05) is 4.90 Å². The number of fused-ring (bicyclic) bond motifs is 2. The Kier molecular flexibility index (Phi) is 7.54. The van der Waals surface area contributed by atoms with Gasteiger partial charge in [0.25, 0.3) is 0 Å². The Bertz CT molecular complexity index is 1290.